The zero-order chi connectivity index (χ0) is 11.5. The van der Waals surface area contributed by atoms with Crippen molar-refractivity contribution in [3.05, 3.63) is 23.2 Å². The molecule has 1 saturated carbocycles. The minimum atomic E-state index is 0.191. The topological polar surface area (TPSA) is 32.3 Å². The van der Waals surface area contributed by atoms with E-state index in [-0.39, 0.29) is 5.75 Å². The fourth-order valence-electron chi connectivity index (χ4n) is 2.14. The van der Waals surface area contributed by atoms with E-state index in [4.69, 9.17) is 23.2 Å². The molecule has 4 heteroatoms. The van der Waals surface area contributed by atoms with Crippen LogP contribution in [0.2, 0.25) is 5.02 Å². The average molecular weight is 260 g/mol. The third kappa shape index (κ3) is 3.19. The van der Waals surface area contributed by atoms with Crippen LogP contribution < -0.4 is 5.32 Å². The standard InChI is InChI=1S/C12H15Cl2NO/c13-9-2-1-8(3-9)7-15-11-4-10(14)5-12(16)6-11/h4-6,8-9,15-16H,1-3,7H2. The second-order valence-electron chi connectivity index (χ2n) is 4.36. The minimum absolute atomic E-state index is 0.191. The lowest BCUT2D eigenvalue weighted by Crippen LogP contribution is -2.11. The molecule has 1 aliphatic carbocycles. The molecule has 1 fully saturated rings. The number of halogens is 2. The Morgan fingerprint density at radius 1 is 1.31 bits per heavy atom. The summed E-state index contributed by atoms with van der Waals surface area (Å²) in [5.41, 5.74) is 0.864. The first-order valence-corrected chi connectivity index (χ1v) is 6.32. The summed E-state index contributed by atoms with van der Waals surface area (Å²) >= 11 is 11.9. The molecule has 0 heterocycles. The number of rotatable bonds is 3. The maximum Gasteiger partial charge on any atom is 0.119 e. The second-order valence-corrected chi connectivity index (χ2v) is 5.41. The van der Waals surface area contributed by atoms with E-state index in [0.29, 0.717) is 16.3 Å². The number of benzene rings is 1. The number of nitrogens with one attached hydrogen (secondary N) is 1. The van der Waals surface area contributed by atoms with Gasteiger partial charge in [0.1, 0.15) is 5.75 Å². The molecule has 2 nitrogen and oxygen atoms in total. The molecule has 0 aromatic heterocycles. The van der Waals surface area contributed by atoms with Crippen molar-refractivity contribution >= 4 is 28.9 Å². The molecule has 0 bridgehead atoms. The highest BCUT2D eigenvalue weighted by molar-refractivity contribution is 6.31. The predicted molar refractivity (Wildman–Crippen MR) is 68.6 cm³/mol. The molecule has 0 radical (unpaired) electrons. The molecule has 88 valence electrons. The molecular weight excluding hydrogens is 245 g/mol. The smallest absolute Gasteiger partial charge is 0.119 e. The van der Waals surface area contributed by atoms with Gasteiger partial charge >= 0.3 is 0 Å². The van der Waals surface area contributed by atoms with Crippen LogP contribution in [0.5, 0.6) is 5.75 Å². The molecular formula is C12H15Cl2NO. The minimum Gasteiger partial charge on any atom is -0.508 e. The summed E-state index contributed by atoms with van der Waals surface area (Å²) in [6, 6.07) is 5.02. The van der Waals surface area contributed by atoms with Gasteiger partial charge in [0.05, 0.1) is 0 Å². The Bertz CT molecular complexity index is 350. The number of anilines is 1. The van der Waals surface area contributed by atoms with Crippen molar-refractivity contribution in [2.24, 2.45) is 5.92 Å². The third-order valence-corrected chi connectivity index (χ3v) is 3.57. The van der Waals surface area contributed by atoms with Gasteiger partial charge in [-0.2, -0.15) is 0 Å². The molecule has 2 unspecified atom stereocenters. The average Bonchev–Trinajstić information content (AvgIpc) is 2.60. The summed E-state index contributed by atoms with van der Waals surface area (Å²) in [5, 5.41) is 13.5. The first kappa shape index (κ1) is 11.9. The summed E-state index contributed by atoms with van der Waals surface area (Å²) in [6.07, 6.45) is 3.35. The van der Waals surface area contributed by atoms with E-state index in [9.17, 15) is 5.11 Å². The van der Waals surface area contributed by atoms with Gasteiger partial charge in [0, 0.05) is 28.7 Å². The summed E-state index contributed by atoms with van der Waals surface area (Å²) in [5.74, 6) is 0.820. The highest BCUT2D eigenvalue weighted by Crippen LogP contribution is 2.30. The van der Waals surface area contributed by atoms with Gasteiger partial charge in [-0.25, -0.2) is 0 Å². The molecule has 2 rings (SSSR count). The Morgan fingerprint density at radius 2 is 2.12 bits per heavy atom. The van der Waals surface area contributed by atoms with Crippen LogP contribution in [-0.2, 0) is 0 Å². The Labute approximate surface area is 106 Å². The van der Waals surface area contributed by atoms with Crippen molar-refractivity contribution in [3.63, 3.8) is 0 Å². The predicted octanol–water partition coefficient (Wildman–Crippen LogP) is 3.87. The fourth-order valence-corrected chi connectivity index (χ4v) is 2.75. The molecule has 0 aliphatic heterocycles. The monoisotopic (exact) mass is 259 g/mol. The first-order valence-electron chi connectivity index (χ1n) is 5.51. The summed E-state index contributed by atoms with van der Waals surface area (Å²) < 4.78 is 0. The van der Waals surface area contributed by atoms with E-state index in [1.807, 2.05) is 6.07 Å². The van der Waals surface area contributed by atoms with Crippen molar-refractivity contribution in [3.8, 4) is 5.75 Å². The van der Waals surface area contributed by atoms with Gasteiger partial charge in [-0.1, -0.05) is 11.6 Å². The lowest BCUT2D eigenvalue weighted by molar-refractivity contribution is 0.475. The van der Waals surface area contributed by atoms with Crippen molar-refractivity contribution in [2.45, 2.75) is 24.6 Å². The van der Waals surface area contributed by atoms with Gasteiger partial charge in [-0.15, -0.1) is 11.6 Å². The fraction of sp³-hybridized carbons (Fsp3) is 0.500. The van der Waals surface area contributed by atoms with E-state index >= 15 is 0 Å². The van der Waals surface area contributed by atoms with Crippen LogP contribution in [0, 0.1) is 5.92 Å². The van der Waals surface area contributed by atoms with Crippen LogP contribution in [0.3, 0.4) is 0 Å². The van der Waals surface area contributed by atoms with Crippen molar-refractivity contribution in [2.75, 3.05) is 11.9 Å². The molecule has 16 heavy (non-hydrogen) atoms. The number of alkyl halides is 1. The number of hydrogen-bond acceptors (Lipinski definition) is 2. The van der Waals surface area contributed by atoms with Gasteiger partial charge in [0.15, 0.2) is 0 Å². The van der Waals surface area contributed by atoms with E-state index in [1.54, 1.807) is 6.07 Å². The number of phenols is 1. The Balaban J connectivity index is 1.89. The Kier molecular flexibility index (Phi) is 3.82. The van der Waals surface area contributed by atoms with Gasteiger partial charge in [-0.3, -0.25) is 0 Å². The Morgan fingerprint density at radius 3 is 2.75 bits per heavy atom. The Hall–Kier alpha value is -0.600. The summed E-state index contributed by atoms with van der Waals surface area (Å²) in [7, 11) is 0. The normalized spacial score (nSPS) is 24.6. The van der Waals surface area contributed by atoms with E-state index in [0.717, 1.165) is 25.1 Å². The van der Waals surface area contributed by atoms with Crippen LogP contribution in [0.25, 0.3) is 0 Å². The zero-order valence-corrected chi connectivity index (χ0v) is 10.4. The van der Waals surface area contributed by atoms with Crippen LogP contribution >= 0.6 is 23.2 Å². The van der Waals surface area contributed by atoms with Gasteiger partial charge in [0.2, 0.25) is 0 Å². The van der Waals surface area contributed by atoms with Crippen LogP contribution in [0.15, 0.2) is 18.2 Å². The lowest BCUT2D eigenvalue weighted by Gasteiger charge is -2.12. The van der Waals surface area contributed by atoms with E-state index in [2.05, 4.69) is 5.32 Å². The first-order chi connectivity index (χ1) is 7.63. The summed E-state index contributed by atoms with van der Waals surface area (Å²) in [4.78, 5) is 0. The van der Waals surface area contributed by atoms with Crippen LogP contribution in [0.1, 0.15) is 19.3 Å². The van der Waals surface area contributed by atoms with Crippen LogP contribution in [0.4, 0.5) is 5.69 Å². The van der Waals surface area contributed by atoms with Crippen LogP contribution in [-0.4, -0.2) is 17.0 Å². The molecule has 2 atom stereocenters. The third-order valence-electron chi connectivity index (χ3n) is 2.95. The number of hydrogen-bond donors (Lipinski definition) is 2. The molecule has 1 aromatic rings. The van der Waals surface area contributed by atoms with Gasteiger partial charge in [-0.05, 0) is 37.3 Å². The van der Waals surface area contributed by atoms with Crippen molar-refractivity contribution < 1.29 is 5.11 Å². The number of phenolic OH excluding ortho intramolecular Hbond substituents is 1. The largest absolute Gasteiger partial charge is 0.508 e. The molecule has 0 saturated heterocycles. The van der Waals surface area contributed by atoms with Gasteiger partial charge < -0.3 is 10.4 Å². The quantitative estimate of drug-likeness (QED) is 0.808. The molecule has 1 aliphatic rings. The zero-order valence-electron chi connectivity index (χ0n) is 8.92. The SMILES string of the molecule is Oc1cc(Cl)cc(NCC2CCC(Cl)C2)c1. The van der Waals surface area contributed by atoms with E-state index < -0.39 is 0 Å². The molecule has 1 aromatic carbocycles. The molecule has 0 spiro atoms. The maximum absolute atomic E-state index is 9.38. The number of aromatic hydroxyl groups is 1. The second kappa shape index (κ2) is 5.15. The maximum atomic E-state index is 9.38. The molecule has 2 N–H and O–H groups in total. The van der Waals surface area contributed by atoms with E-state index in [1.165, 1.54) is 12.5 Å². The lowest BCUT2D eigenvalue weighted by atomic mass is 10.1. The van der Waals surface area contributed by atoms with Crippen molar-refractivity contribution in [1.82, 2.24) is 0 Å². The van der Waals surface area contributed by atoms with Crippen molar-refractivity contribution in [1.29, 1.82) is 0 Å². The summed E-state index contributed by atoms with van der Waals surface area (Å²) in [6.45, 7) is 0.892. The highest BCUT2D eigenvalue weighted by atomic mass is 35.5. The highest BCUT2D eigenvalue weighted by Gasteiger charge is 2.22. The molecule has 0 amide bonds. The van der Waals surface area contributed by atoms with Gasteiger partial charge in [0.25, 0.3) is 0 Å².